The Morgan fingerprint density at radius 3 is 2.77 bits per heavy atom. The number of ether oxygens (including phenoxy) is 1. The number of carbonyl (C=O) groups excluding carboxylic acids is 1. The minimum atomic E-state index is -0.612. The SMILES string of the molecule is O=C(OCC#Cc1ccccc1)c1cccc2[nH]c(=O)oc12. The van der Waals surface area contributed by atoms with Gasteiger partial charge in [0.2, 0.25) is 0 Å². The molecule has 3 aromatic rings. The summed E-state index contributed by atoms with van der Waals surface area (Å²) in [6.07, 6.45) is 0. The number of aromatic nitrogens is 1. The number of carbonyl (C=O) groups is 1. The molecule has 0 atom stereocenters. The van der Waals surface area contributed by atoms with Gasteiger partial charge in [-0.25, -0.2) is 9.59 Å². The fraction of sp³-hybridized carbons (Fsp3) is 0.0588. The van der Waals surface area contributed by atoms with E-state index in [0.29, 0.717) is 5.52 Å². The van der Waals surface area contributed by atoms with Gasteiger partial charge in [0.25, 0.3) is 0 Å². The van der Waals surface area contributed by atoms with E-state index in [1.807, 2.05) is 30.3 Å². The van der Waals surface area contributed by atoms with Crippen LogP contribution in [0.5, 0.6) is 0 Å². The summed E-state index contributed by atoms with van der Waals surface area (Å²) in [5.74, 6) is 4.45. The van der Waals surface area contributed by atoms with Gasteiger partial charge in [-0.1, -0.05) is 36.1 Å². The first-order valence-electron chi connectivity index (χ1n) is 6.57. The van der Waals surface area contributed by atoms with Gasteiger partial charge in [0.05, 0.1) is 5.52 Å². The van der Waals surface area contributed by atoms with Crippen LogP contribution in [0.25, 0.3) is 11.1 Å². The maximum Gasteiger partial charge on any atom is 0.417 e. The predicted molar refractivity (Wildman–Crippen MR) is 80.4 cm³/mol. The zero-order valence-electron chi connectivity index (χ0n) is 11.5. The van der Waals surface area contributed by atoms with Crippen molar-refractivity contribution >= 4 is 17.1 Å². The van der Waals surface area contributed by atoms with Crippen LogP contribution in [0.2, 0.25) is 0 Å². The van der Waals surface area contributed by atoms with Crippen molar-refractivity contribution in [3.63, 3.8) is 0 Å². The Kier molecular flexibility index (Phi) is 3.75. The topological polar surface area (TPSA) is 72.3 Å². The maximum atomic E-state index is 12.0. The molecule has 0 aliphatic heterocycles. The molecule has 0 aliphatic rings. The van der Waals surface area contributed by atoms with Gasteiger partial charge >= 0.3 is 11.7 Å². The fourth-order valence-corrected chi connectivity index (χ4v) is 1.97. The van der Waals surface area contributed by atoms with Crippen molar-refractivity contribution in [3.05, 3.63) is 70.2 Å². The van der Waals surface area contributed by atoms with E-state index in [2.05, 4.69) is 16.8 Å². The molecule has 0 saturated carbocycles. The van der Waals surface area contributed by atoms with Crippen molar-refractivity contribution in [2.45, 2.75) is 0 Å². The minimum absolute atomic E-state index is 0.0429. The zero-order chi connectivity index (χ0) is 15.4. The fourth-order valence-electron chi connectivity index (χ4n) is 1.97. The molecule has 0 amide bonds. The van der Waals surface area contributed by atoms with Crippen molar-refractivity contribution < 1.29 is 13.9 Å². The maximum absolute atomic E-state index is 12.0. The molecule has 0 saturated heterocycles. The third-order valence-electron chi connectivity index (χ3n) is 2.95. The molecule has 0 bridgehead atoms. The Balaban J connectivity index is 1.72. The number of esters is 1. The van der Waals surface area contributed by atoms with E-state index in [1.165, 1.54) is 6.07 Å². The molecule has 1 N–H and O–H groups in total. The number of rotatable bonds is 2. The number of fused-ring (bicyclic) bond motifs is 1. The van der Waals surface area contributed by atoms with Gasteiger partial charge in [0.15, 0.2) is 12.2 Å². The summed E-state index contributed by atoms with van der Waals surface area (Å²) in [6, 6.07) is 14.2. The van der Waals surface area contributed by atoms with Crippen LogP contribution in [-0.4, -0.2) is 17.6 Å². The molecule has 0 unspecified atom stereocenters. The molecule has 5 heteroatoms. The number of oxazole rings is 1. The molecule has 1 heterocycles. The van der Waals surface area contributed by atoms with Crippen LogP contribution in [0.3, 0.4) is 0 Å². The van der Waals surface area contributed by atoms with Gasteiger partial charge in [0.1, 0.15) is 5.56 Å². The van der Waals surface area contributed by atoms with Crippen LogP contribution < -0.4 is 5.76 Å². The van der Waals surface area contributed by atoms with Gasteiger partial charge in [0, 0.05) is 5.56 Å². The van der Waals surface area contributed by atoms with Crippen molar-refractivity contribution in [3.8, 4) is 11.8 Å². The summed E-state index contributed by atoms with van der Waals surface area (Å²) in [5.41, 5.74) is 1.68. The zero-order valence-corrected chi connectivity index (χ0v) is 11.5. The van der Waals surface area contributed by atoms with Crippen molar-refractivity contribution in [1.29, 1.82) is 0 Å². The summed E-state index contributed by atoms with van der Waals surface area (Å²) >= 11 is 0. The number of hydrogen-bond donors (Lipinski definition) is 1. The van der Waals surface area contributed by atoms with Crippen LogP contribution in [0.1, 0.15) is 15.9 Å². The standard InChI is InChI=1S/C17H11NO4/c19-16(21-11-5-8-12-6-2-1-3-7-12)13-9-4-10-14-15(13)22-17(20)18-14/h1-4,6-7,9-10H,11H2,(H,18,20). The lowest BCUT2D eigenvalue weighted by Crippen LogP contribution is -2.05. The van der Waals surface area contributed by atoms with Gasteiger partial charge in [-0.3, -0.25) is 4.98 Å². The van der Waals surface area contributed by atoms with Gasteiger partial charge < -0.3 is 9.15 Å². The van der Waals surface area contributed by atoms with Crippen LogP contribution >= 0.6 is 0 Å². The molecule has 3 rings (SSSR count). The highest BCUT2D eigenvalue weighted by molar-refractivity contribution is 6.00. The molecule has 0 fully saturated rings. The lowest BCUT2D eigenvalue weighted by atomic mass is 10.2. The highest BCUT2D eigenvalue weighted by Crippen LogP contribution is 2.16. The van der Waals surface area contributed by atoms with Gasteiger partial charge in [-0.05, 0) is 24.3 Å². The average molecular weight is 293 g/mol. The normalized spacial score (nSPS) is 10.0. The summed E-state index contributed by atoms with van der Waals surface area (Å²) in [5, 5.41) is 0. The lowest BCUT2D eigenvalue weighted by molar-refractivity contribution is 0.0557. The molecule has 0 aliphatic carbocycles. The molecule has 0 radical (unpaired) electrons. The monoisotopic (exact) mass is 293 g/mol. The van der Waals surface area contributed by atoms with E-state index < -0.39 is 11.7 Å². The van der Waals surface area contributed by atoms with Crippen molar-refractivity contribution in [2.24, 2.45) is 0 Å². The Labute approximate surface area is 125 Å². The van der Waals surface area contributed by atoms with Gasteiger partial charge in [-0.2, -0.15) is 0 Å². The average Bonchev–Trinajstić information content (AvgIpc) is 2.92. The Morgan fingerprint density at radius 2 is 1.95 bits per heavy atom. The van der Waals surface area contributed by atoms with Crippen LogP contribution in [0.4, 0.5) is 0 Å². The number of benzene rings is 2. The molecule has 108 valence electrons. The first-order valence-corrected chi connectivity index (χ1v) is 6.57. The second-order valence-corrected chi connectivity index (χ2v) is 4.44. The lowest BCUT2D eigenvalue weighted by Gasteiger charge is -2.00. The summed E-state index contributed by atoms with van der Waals surface area (Å²) in [7, 11) is 0. The van der Waals surface area contributed by atoms with Gasteiger partial charge in [-0.15, -0.1) is 0 Å². The highest BCUT2D eigenvalue weighted by Gasteiger charge is 2.14. The largest absolute Gasteiger partial charge is 0.449 e. The van der Waals surface area contributed by atoms with E-state index >= 15 is 0 Å². The van der Waals surface area contributed by atoms with Crippen molar-refractivity contribution in [2.75, 3.05) is 6.61 Å². The number of nitrogens with one attached hydrogen (secondary N) is 1. The second kappa shape index (κ2) is 6.02. The third kappa shape index (κ3) is 2.91. The number of aromatic amines is 1. The minimum Gasteiger partial charge on any atom is -0.449 e. The van der Waals surface area contributed by atoms with Crippen molar-refractivity contribution in [1.82, 2.24) is 4.98 Å². The van der Waals surface area contributed by atoms with E-state index in [-0.39, 0.29) is 17.8 Å². The third-order valence-corrected chi connectivity index (χ3v) is 2.95. The Morgan fingerprint density at radius 1 is 1.14 bits per heavy atom. The number of para-hydroxylation sites is 1. The number of hydrogen-bond acceptors (Lipinski definition) is 4. The smallest absolute Gasteiger partial charge is 0.417 e. The van der Waals surface area contributed by atoms with Crippen LogP contribution in [0, 0.1) is 11.8 Å². The molecule has 2 aromatic carbocycles. The van der Waals surface area contributed by atoms with E-state index in [4.69, 9.17) is 9.15 Å². The first-order chi connectivity index (χ1) is 10.7. The molecule has 5 nitrogen and oxygen atoms in total. The summed E-state index contributed by atoms with van der Waals surface area (Å²) in [6.45, 7) is -0.0429. The summed E-state index contributed by atoms with van der Waals surface area (Å²) < 4.78 is 10.0. The molecule has 0 spiro atoms. The predicted octanol–water partition coefficient (Wildman–Crippen LogP) is 2.33. The number of H-pyrrole nitrogens is 1. The molecule has 22 heavy (non-hydrogen) atoms. The summed E-state index contributed by atoms with van der Waals surface area (Å²) in [4.78, 5) is 25.7. The quantitative estimate of drug-likeness (QED) is 0.581. The molecular weight excluding hydrogens is 282 g/mol. The Bertz CT molecular complexity index is 926. The van der Waals surface area contributed by atoms with E-state index in [9.17, 15) is 9.59 Å². The molecular formula is C17H11NO4. The Hall–Kier alpha value is -3.26. The van der Waals surface area contributed by atoms with E-state index in [1.54, 1.807) is 12.1 Å². The molecule has 1 aromatic heterocycles. The second-order valence-electron chi connectivity index (χ2n) is 4.44. The van der Waals surface area contributed by atoms with Crippen LogP contribution in [-0.2, 0) is 4.74 Å². The van der Waals surface area contributed by atoms with E-state index in [0.717, 1.165) is 5.56 Å². The highest BCUT2D eigenvalue weighted by atomic mass is 16.5. The van der Waals surface area contributed by atoms with Crippen LogP contribution in [0.15, 0.2) is 57.7 Å². The first kappa shape index (κ1) is 13.7.